The molecule has 4 rings (SSSR count). The van der Waals surface area contributed by atoms with E-state index < -0.39 is 0 Å². The van der Waals surface area contributed by atoms with Crippen LogP contribution in [0, 0.1) is 0 Å². The first-order valence-electron chi connectivity index (χ1n) is 12.0. The molecular formula is C25H38BN4+. The molecule has 160 valence electrons. The zero-order valence-corrected chi connectivity index (χ0v) is 19.6. The molecule has 4 heterocycles. The van der Waals surface area contributed by atoms with Crippen LogP contribution >= 0.6 is 0 Å². The molecule has 4 nitrogen and oxygen atoms in total. The molecule has 0 N–H and O–H groups in total. The molecule has 0 saturated carbocycles. The summed E-state index contributed by atoms with van der Waals surface area (Å²) in [7, 11) is 0. The molecule has 2 aromatic heterocycles. The fourth-order valence-electron chi connectivity index (χ4n) is 5.96. The van der Waals surface area contributed by atoms with Crippen LogP contribution in [-0.4, -0.2) is 36.4 Å². The van der Waals surface area contributed by atoms with Crippen molar-refractivity contribution in [3.63, 3.8) is 0 Å². The molecule has 5 heteroatoms. The highest BCUT2D eigenvalue weighted by molar-refractivity contribution is 6.65. The second-order valence-corrected chi connectivity index (χ2v) is 9.57. The lowest BCUT2D eigenvalue weighted by Crippen LogP contribution is -2.74. The summed E-state index contributed by atoms with van der Waals surface area (Å²) >= 11 is 0. The maximum absolute atomic E-state index is 4.61. The van der Waals surface area contributed by atoms with E-state index >= 15 is 0 Å². The molecule has 2 atom stereocenters. The van der Waals surface area contributed by atoms with Gasteiger partial charge in [-0.2, -0.15) is 0 Å². The molecule has 0 aliphatic carbocycles. The van der Waals surface area contributed by atoms with Crippen LogP contribution in [0.4, 0.5) is 5.82 Å². The van der Waals surface area contributed by atoms with Crippen LogP contribution in [0.1, 0.15) is 66.7 Å². The van der Waals surface area contributed by atoms with Crippen molar-refractivity contribution in [2.24, 2.45) is 0 Å². The van der Waals surface area contributed by atoms with Crippen LogP contribution in [0.5, 0.6) is 0 Å². The van der Waals surface area contributed by atoms with E-state index in [9.17, 15) is 0 Å². The number of hydrogen-bond acceptors (Lipinski definition) is 3. The standard InChI is InChI=1S/C25H38BN4/c1-6-9-12-17-28-18-19-30-23-15-14-21(22-13-10-11-16-27-22)20-29(23)25(5,8-3)24(4,7-2)26(28)30/h10-11,13-16,20H,6-9,12,17-19H2,1-5H3/q+1. The summed E-state index contributed by atoms with van der Waals surface area (Å²) < 4.78 is 2.59. The van der Waals surface area contributed by atoms with Crippen LogP contribution in [-0.2, 0) is 5.54 Å². The highest BCUT2D eigenvalue weighted by Crippen LogP contribution is 2.54. The first-order chi connectivity index (χ1) is 14.5. The van der Waals surface area contributed by atoms with Crippen molar-refractivity contribution in [1.82, 2.24) is 9.79 Å². The monoisotopic (exact) mass is 405 g/mol. The lowest BCUT2D eigenvalue weighted by atomic mass is 9.39. The molecule has 1 fully saturated rings. The summed E-state index contributed by atoms with van der Waals surface area (Å²) in [5, 5.41) is 0.171. The van der Waals surface area contributed by atoms with Crippen molar-refractivity contribution >= 4 is 12.8 Å². The molecule has 0 radical (unpaired) electrons. The second kappa shape index (κ2) is 8.34. The van der Waals surface area contributed by atoms with Gasteiger partial charge in [-0.3, -0.25) is 9.79 Å². The average Bonchev–Trinajstić information content (AvgIpc) is 3.22. The molecule has 0 spiro atoms. The summed E-state index contributed by atoms with van der Waals surface area (Å²) in [6.07, 6.45) is 10.5. The largest absolute Gasteiger partial charge is 0.474 e. The Morgan fingerprint density at radius 3 is 2.53 bits per heavy atom. The lowest BCUT2D eigenvalue weighted by Gasteiger charge is -2.51. The van der Waals surface area contributed by atoms with Gasteiger partial charge in [-0.1, -0.05) is 46.6 Å². The van der Waals surface area contributed by atoms with Gasteiger partial charge in [-0.25, -0.2) is 4.57 Å². The van der Waals surface area contributed by atoms with Crippen molar-refractivity contribution in [1.29, 1.82) is 0 Å². The molecule has 2 aliphatic heterocycles. The molecule has 30 heavy (non-hydrogen) atoms. The van der Waals surface area contributed by atoms with Gasteiger partial charge >= 0.3 is 6.98 Å². The summed E-state index contributed by atoms with van der Waals surface area (Å²) in [5.41, 5.74) is 2.31. The van der Waals surface area contributed by atoms with E-state index in [1.807, 2.05) is 12.3 Å². The summed E-state index contributed by atoms with van der Waals surface area (Å²) in [5.74, 6) is 1.37. The number of nitrogens with zero attached hydrogens (tertiary/aromatic N) is 4. The summed E-state index contributed by atoms with van der Waals surface area (Å²) in [6, 6.07) is 10.8. The van der Waals surface area contributed by atoms with Gasteiger partial charge in [0.25, 0.3) is 5.82 Å². The number of fused-ring (bicyclic) bond motifs is 3. The minimum atomic E-state index is 0.0520. The Hall–Kier alpha value is -1.88. The summed E-state index contributed by atoms with van der Waals surface area (Å²) in [6.45, 7) is 16.1. The van der Waals surface area contributed by atoms with E-state index in [-0.39, 0.29) is 10.9 Å². The highest BCUT2D eigenvalue weighted by atomic mass is 15.4. The van der Waals surface area contributed by atoms with Crippen molar-refractivity contribution in [3.8, 4) is 11.3 Å². The van der Waals surface area contributed by atoms with E-state index in [4.69, 9.17) is 0 Å². The maximum Gasteiger partial charge on any atom is 0.474 e. The zero-order valence-electron chi connectivity index (χ0n) is 19.6. The first-order valence-corrected chi connectivity index (χ1v) is 12.0. The van der Waals surface area contributed by atoms with Gasteiger partial charge in [0.15, 0.2) is 0 Å². The molecule has 0 amide bonds. The number of unbranched alkanes of at least 4 members (excludes halogenated alkanes) is 2. The first kappa shape index (κ1) is 21.4. The van der Waals surface area contributed by atoms with Gasteiger partial charge in [0.1, 0.15) is 11.7 Å². The fourth-order valence-corrected chi connectivity index (χ4v) is 5.96. The minimum Gasteiger partial charge on any atom is -0.308 e. The zero-order chi connectivity index (χ0) is 21.4. The Morgan fingerprint density at radius 1 is 1.03 bits per heavy atom. The van der Waals surface area contributed by atoms with Crippen molar-refractivity contribution in [2.75, 3.05) is 24.4 Å². The predicted molar refractivity (Wildman–Crippen MR) is 127 cm³/mol. The van der Waals surface area contributed by atoms with Gasteiger partial charge in [0.05, 0.1) is 17.6 Å². The maximum atomic E-state index is 4.61. The molecule has 2 unspecified atom stereocenters. The molecular weight excluding hydrogens is 367 g/mol. The van der Waals surface area contributed by atoms with Crippen molar-refractivity contribution in [2.45, 2.75) is 77.6 Å². The predicted octanol–water partition coefficient (Wildman–Crippen LogP) is 5.15. The SMILES string of the molecule is CCCCCN1CCN2B1C(C)(CC)C(C)(CC)[n+]1cc(-c3ccccn3)ccc12. The summed E-state index contributed by atoms with van der Waals surface area (Å²) in [4.78, 5) is 10.1. The number of rotatable bonds is 7. The molecule has 0 aromatic carbocycles. The van der Waals surface area contributed by atoms with Crippen molar-refractivity contribution in [3.05, 3.63) is 42.7 Å². The van der Waals surface area contributed by atoms with E-state index in [0.29, 0.717) is 6.98 Å². The lowest BCUT2D eigenvalue weighted by molar-refractivity contribution is -0.758. The molecule has 0 bridgehead atoms. The topological polar surface area (TPSA) is 23.2 Å². The van der Waals surface area contributed by atoms with Gasteiger partial charge in [-0.15, -0.1) is 0 Å². The number of hydrogen-bond donors (Lipinski definition) is 0. The van der Waals surface area contributed by atoms with Gasteiger partial charge in [-0.05, 0) is 50.9 Å². The fraction of sp³-hybridized carbons (Fsp3) is 0.600. The molecule has 2 aliphatic rings. The minimum absolute atomic E-state index is 0.0520. The number of anilines is 1. The Morgan fingerprint density at radius 2 is 1.87 bits per heavy atom. The molecule has 2 aromatic rings. The van der Waals surface area contributed by atoms with Gasteiger partial charge in [0, 0.05) is 24.4 Å². The van der Waals surface area contributed by atoms with E-state index in [1.165, 1.54) is 50.2 Å². The number of pyridine rings is 2. The van der Waals surface area contributed by atoms with E-state index in [1.54, 1.807) is 0 Å². The van der Waals surface area contributed by atoms with Crippen LogP contribution in [0.2, 0.25) is 5.31 Å². The average molecular weight is 405 g/mol. The van der Waals surface area contributed by atoms with Gasteiger partial charge in [0.2, 0.25) is 0 Å². The Bertz CT molecular complexity index is 873. The van der Waals surface area contributed by atoms with Gasteiger partial charge < -0.3 is 4.81 Å². The third-order valence-corrected chi connectivity index (χ3v) is 8.25. The van der Waals surface area contributed by atoms with E-state index in [2.05, 4.69) is 84.3 Å². The highest BCUT2D eigenvalue weighted by Gasteiger charge is 2.68. The van der Waals surface area contributed by atoms with Crippen LogP contribution < -0.4 is 9.38 Å². The quantitative estimate of drug-likeness (QED) is 0.362. The van der Waals surface area contributed by atoms with Crippen LogP contribution in [0.25, 0.3) is 11.3 Å². The Labute approximate surface area is 183 Å². The van der Waals surface area contributed by atoms with E-state index in [0.717, 1.165) is 18.7 Å². The normalized spacial score (nSPS) is 26.0. The Kier molecular flexibility index (Phi) is 5.94. The number of aromatic nitrogens is 2. The Balaban J connectivity index is 1.81. The van der Waals surface area contributed by atoms with Crippen LogP contribution in [0.3, 0.4) is 0 Å². The second-order valence-electron chi connectivity index (χ2n) is 9.57. The van der Waals surface area contributed by atoms with Crippen LogP contribution in [0.15, 0.2) is 42.7 Å². The van der Waals surface area contributed by atoms with Crippen molar-refractivity contribution < 1.29 is 4.57 Å². The molecule has 1 saturated heterocycles. The third-order valence-electron chi connectivity index (χ3n) is 8.25. The smallest absolute Gasteiger partial charge is 0.308 e. The third kappa shape index (κ3) is 3.17.